The summed E-state index contributed by atoms with van der Waals surface area (Å²) < 4.78 is 0. The second-order valence-corrected chi connectivity index (χ2v) is 4.03. The van der Waals surface area contributed by atoms with Crippen LogP contribution in [0.15, 0.2) is 43.1 Å². The Morgan fingerprint density at radius 2 is 1.81 bits per heavy atom. The first-order valence-corrected chi connectivity index (χ1v) is 5.43. The van der Waals surface area contributed by atoms with E-state index in [4.69, 9.17) is 0 Å². The van der Waals surface area contributed by atoms with Crippen LogP contribution in [0.5, 0.6) is 0 Å². The smallest absolute Gasteiger partial charge is 0.115 e. The van der Waals surface area contributed by atoms with Gasteiger partial charge in [-0.2, -0.15) is 0 Å². The van der Waals surface area contributed by atoms with Crippen molar-refractivity contribution in [1.29, 1.82) is 0 Å². The monoisotopic (exact) mass is 217 g/mol. The van der Waals surface area contributed by atoms with E-state index in [1.165, 1.54) is 0 Å². The van der Waals surface area contributed by atoms with E-state index in [0.717, 1.165) is 5.69 Å². The average Bonchev–Trinajstić information content (AvgIpc) is 2.30. The molecule has 0 amide bonds. The molecule has 0 aliphatic rings. The van der Waals surface area contributed by atoms with Gasteiger partial charge in [-0.05, 0) is 33.8 Å². The van der Waals surface area contributed by atoms with Crippen molar-refractivity contribution in [3.05, 3.63) is 48.8 Å². The first-order valence-electron chi connectivity index (χ1n) is 5.43. The predicted octanol–water partition coefficient (Wildman–Crippen LogP) is 3.08. The molecule has 0 aliphatic carbocycles. The molecular formula is C13H19N3. The quantitative estimate of drug-likeness (QED) is 0.776. The summed E-state index contributed by atoms with van der Waals surface area (Å²) in [5.74, 6) is 0. The molecule has 1 aromatic heterocycles. The molecule has 0 atom stereocenters. The van der Waals surface area contributed by atoms with Crippen LogP contribution in [-0.4, -0.2) is 14.9 Å². The zero-order chi connectivity index (χ0) is 12.0. The summed E-state index contributed by atoms with van der Waals surface area (Å²) in [6.07, 6.45) is 11.5. The zero-order valence-electron chi connectivity index (χ0n) is 10.4. The van der Waals surface area contributed by atoms with E-state index < -0.39 is 0 Å². The fourth-order valence-corrected chi connectivity index (χ4v) is 1.53. The Hall–Kier alpha value is -1.64. The molecular weight excluding hydrogens is 198 g/mol. The van der Waals surface area contributed by atoms with Crippen molar-refractivity contribution in [2.75, 3.05) is 0 Å². The Kier molecular flexibility index (Phi) is 4.23. The van der Waals surface area contributed by atoms with Crippen molar-refractivity contribution in [2.45, 2.75) is 33.2 Å². The van der Waals surface area contributed by atoms with Crippen molar-refractivity contribution in [3.8, 4) is 0 Å². The van der Waals surface area contributed by atoms with Gasteiger partial charge in [0.2, 0.25) is 0 Å². The number of rotatable bonds is 4. The highest BCUT2D eigenvalue weighted by atomic mass is 15.2. The van der Waals surface area contributed by atoms with Crippen LogP contribution >= 0.6 is 0 Å². The summed E-state index contributed by atoms with van der Waals surface area (Å²) in [5.41, 5.74) is 0.820. The largest absolute Gasteiger partial charge is 0.344 e. The number of hydrogen-bond donors (Lipinski definition) is 0. The van der Waals surface area contributed by atoms with Crippen LogP contribution < -0.4 is 0 Å². The second-order valence-electron chi connectivity index (χ2n) is 4.03. The van der Waals surface area contributed by atoms with Gasteiger partial charge in [-0.3, -0.25) is 0 Å². The lowest BCUT2D eigenvalue weighted by atomic mass is 9.98. The molecule has 1 heterocycles. The van der Waals surface area contributed by atoms with Crippen LogP contribution in [-0.2, 0) is 5.54 Å². The summed E-state index contributed by atoms with van der Waals surface area (Å²) >= 11 is 0. The van der Waals surface area contributed by atoms with E-state index in [1.807, 2.05) is 44.5 Å². The molecule has 0 spiro atoms. The fourth-order valence-electron chi connectivity index (χ4n) is 1.53. The number of aromatic nitrogens is 2. The molecule has 0 saturated heterocycles. The van der Waals surface area contributed by atoms with Gasteiger partial charge in [-0.1, -0.05) is 12.2 Å². The van der Waals surface area contributed by atoms with Gasteiger partial charge in [0.15, 0.2) is 0 Å². The lowest BCUT2D eigenvalue weighted by molar-refractivity contribution is 0.249. The van der Waals surface area contributed by atoms with E-state index in [9.17, 15) is 0 Å². The minimum Gasteiger partial charge on any atom is -0.344 e. The number of nitrogens with zero attached hydrogens (tertiary/aromatic N) is 3. The third-order valence-corrected chi connectivity index (χ3v) is 2.47. The normalized spacial score (nSPS) is 12.5. The van der Waals surface area contributed by atoms with Crippen molar-refractivity contribution in [3.63, 3.8) is 0 Å². The number of hydrogen-bond acceptors (Lipinski definition) is 3. The van der Waals surface area contributed by atoms with Crippen molar-refractivity contribution in [2.24, 2.45) is 0 Å². The van der Waals surface area contributed by atoms with Crippen molar-refractivity contribution < 1.29 is 0 Å². The van der Waals surface area contributed by atoms with E-state index in [1.54, 1.807) is 12.5 Å². The summed E-state index contributed by atoms with van der Waals surface area (Å²) in [6, 6.07) is 1.94. The summed E-state index contributed by atoms with van der Waals surface area (Å²) in [6.45, 7) is 8.28. The van der Waals surface area contributed by atoms with Gasteiger partial charge in [-0.15, -0.1) is 0 Å². The van der Waals surface area contributed by atoms with Gasteiger partial charge in [0.05, 0.1) is 11.2 Å². The average molecular weight is 217 g/mol. The van der Waals surface area contributed by atoms with Gasteiger partial charge in [0, 0.05) is 18.6 Å². The maximum Gasteiger partial charge on any atom is 0.115 e. The van der Waals surface area contributed by atoms with E-state index >= 15 is 0 Å². The first-order chi connectivity index (χ1) is 7.62. The lowest BCUT2D eigenvalue weighted by Crippen LogP contribution is -2.34. The molecule has 0 N–H and O–H groups in total. The third-order valence-electron chi connectivity index (χ3n) is 2.47. The van der Waals surface area contributed by atoms with Crippen LogP contribution in [0.2, 0.25) is 0 Å². The summed E-state index contributed by atoms with van der Waals surface area (Å²) in [7, 11) is 0. The highest BCUT2D eigenvalue weighted by molar-refractivity contribution is 5.14. The molecule has 0 aromatic carbocycles. The molecule has 16 heavy (non-hydrogen) atoms. The highest BCUT2D eigenvalue weighted by Gasteiger charge is 2.26. The maximum absolute atomic E-state index is 4.32. The van der Waals surface area contributed by atoms with Crippen LogP contribution in [0, 0.1) is 0 Å². The maximum atomic E-state index is 4.32. The van der Waals surface area contributed by atoms with Gasteiger partial charge in [0.25, 0.3) is 0 Å². The van der Waals surface area contributed by atoms with Gasteiger partial charge in [0.1, 0.15) is 6.33 Å². The third kappa shape index (κ3) is 2.69. The molecule has 0 bridgehead atoms. The Labute approximate surface area is 97.5 Å². The standard InChI is InChI=1S/C13H19N3/c1-5-9-16(10-6-2)13(3,4)12-7-8-14-11-15-12/h5-11H,1-4H3/b9-5-,10-6-. The van der Waals surface area contributed by atoms with E-state index in [0.29, 0.717) is 0 Å². The topological polar surface area (TPSA) is 29.0 Å². The zero-order valence-corrected chi connectivity index (χ0v) is 10.4. The molecule has 0 radical (unpaired) electrons. The summed E-state index contributed by atoms with van der Waals surface area (Å²) in [5, 5.41) is 0. The van der Waals surface area contributed by atoms with Crippen LogP contribution in [0.4, 0.5) is 0 Å². The van der Waals surface area contributed by atoms with Crippen LogP contribution in [0.1, 0.15) is 33.4 Å². The van der Waals surface area contributed by atoms with Crippen molar-refractivity contribution in [1.82, 2.24) is 14.9 Å². The van der Waals surface area contributed by atoms with Crippen LogP contribution in [0.25, 0.3) is 0 Å². The highest BCUT2D eigenvalue weighted by Crippen LogP contribution is 2.26. The number of allylic oxidation sites excluding steroid dienone is 2. The summed E-state index contributed by atoms with van der Waals surface area (Å²) in [4.78, 5) is 10.4. The Bertz CT molecular complexity index is 354. The van der Waals surface area contributed by atoms with Gasteiger partial charge in [-0.25, -0.2) is 9.97 Å². The molecule has 0 unspecified atom stereocenters. The lowest BCUT2D eigenvalue weighted by Gasteiger charge is -2.34. The molecule has 0 fully saturated rings. The van der Waals surface area contributed by atoms with E-state index in [2.05, 4.69) is 28.7 Å². The Balaban J connectivity index is 3.07. The predicted molar refractivity (Wildman–Crippen MR) is 66.5 cm³/mol. The molecule has 1 rings (SSSR count). The van der Waals surface area contributed by atoms with Gasteiger partial charge < -0.3 is 4.90 Å². The molecule has 3 nitrogen and oxygen atoms in total. The van der Waals surface area contributed by atoms with Crippen LogP contribution in [0.3, 0.4) is 0 Å². The van der Waals surface area contributed by atoms with Gasteiger partial charge >= 0.3 is 0 Å². The Morgan fingerprint density at radius 3 is 2.25 bits per heavy atom. The molecule has 3 heteroatoms. The molecule has 86 valence electrons. The minimum atomic E-state index is -0.179. The Morgan fingerprint density at radius 1 is 1.19 bits per heavy atom. The van der Waals surface area contributed by atoms with E-state index in [-0.39, 0.29) is 5.54 Å². The van der Waals surface area contributed by atoms with Crippen molar-refractivity contribution >= 4 is 0 Å². The second kappa shape index (κ2) is 5.45. The SMILES string of the molecule is C/C=C\N(/C=C\C)C(C)(C)c1ccncn1. The first kappa shape index (κ1) is 12.4. The minimum absolute atomic E-state index is 0.179. The molecule has 0 aliphatic heterocycles. The molecule has 0 saturated carbocycles. The molecule has 1 aromatic rings. The fraction of sp³-hybridized carbons (Fsp3) is 0.385.